The Hall–Kier alpha value is -6.94. The molecule has 0 unspecified atom stereocenters. The van der Waals surface area contributed by atoms with Gasteiger partial charge in [-0.05, 0) is 122 Å². The van der Waals surface area contributed by atoms with Gasteiger partial charge in [0.25, 0.3) is 0 Å². The van der Waals surface area contributed by atoms with Crippen LogP contribution in [0.1, 0.15) is 11.1 Å². The third-order valence-electron chi connectivity index (χ3n) is 11.6. The third kappa shape index (κ3) is 5.96. The average molecular weight is 748 g/mol. The molecule has 3 heteroatoms. The van der Waals surface area contributed by atoms with Crippen molar-refractivity contribution in [2.45, 2.75) is 13.8 Å². The van der Waals surface area contributed by atoms with Crippen LogP contribution in [0.25, 0.3) is 43.8 Å². The minimum atomic E-state index is -2.67. The summed E-state index contributed by atoms with van der Waals surface area (Å²) in [6, 6.07) is 77.8. The molecule has 0 amide bonds. The van der Waals surface area contributed by atoms with Crippen LogP contribution in [0.4, 0.5) is 17.1 Å². The minimum absolute atomic E-state index is 0.911. The summed E-state index contributed by atoms with van der Waals surface area (Å²) in [6.07, 6.45) is 0. The fourth-order valence-corrected chi connectivity index (χ4v) is 13.7. The second kappa shape index (κ2) is 14.3. The number of fused-ring (bicyclic) bond motifs is 4. The molecule has 0 saturated carbocycles. The van der Waals surface area contributed by atoms with Crippen LogP contribution in [0.2, 0.25) is 0 Å². The lowest BCUT2D eigenvalue weighted by molar-refractivity contribution is 0.669. The minimum Gasteiger partial charge on any atom is -0.456 e. The number of nitrogens with zero attached hydrogens (tertiary/aromatic N) is 1. The molecule has 1 aromatic heterocycles. The van der Waals surface area contributed by atoms with Gasteiger partial charge in [-0.3, -0.25) is 0 Å². The van der Waals surface area contributed by atoms with Crippen molar-refractivity contribution in [3.8, 4) is 11.1 Å². The van der Waals surface area contributed by atoms with Crippen LogP contribution in [0, 0.1) is 13.8 Å². The zero-order valence-electron chi connectivity index (χ0n) is 32.1. The van der Waals surface area contributed by atoms with E-state index in [1.54, 1.807) is 0 Å². The van der Waals surface area contributed by atoms with Gasteiger partial charge in [-0.25, -0.2) is 0 Å². The van der Waals surface area contributed by atoms with E-state index < -0.39 is 8.07 Å². The molecular weight excluding hydrogens is 707 g/mol. The van der Waals surface area contributed by atoms with Gasteiger partial charge in [0.15, 0.2) is 8.07 Å². The fourth-order valence-electron chi connectivity index (χ4n) is 8.91. The predicted octanol–water partition coefficient (Wildman–Crippen LogP) is 11.9. The molecule has 0 N–H and O–H groups in total. The highest BCUT2D eigenvalue weighted by Crippen LogP contribution is 2.41. The van der Waals surface area contributed by atoms with E-state index in [1.165, 1.54) is 48.2 Å². The fraction of sp³-hybridized carbons (Fsp3) is 0.0370. The van der Waals surface area contributed by atoms with Crippen molar-refractivity contribution >= 4 is 78.6 Å². The molecule has 0 aliphatic carbocycles. The maximum Gasteiger partial charge on any atom is 0.179 e. The molecule has 9 aromatic carbocycles. The van der Waals surface area contributed by atoms with E-state index in [4.69, 9.17) is 4.42 Å². The number of hydrogen-bond donors (Lipinski definition) is 0. The maximum absolute atomic E-state index is 6.31. The molecule has 0 radical (unpaired) electrons. The van der Waals surface area contributed by atoms with E-state index in [-0.39, 0.29) is 0 Å². The number of hydrogen-bond acceptors (Lipinski definition) is 2. The van der Waals surface area contributed by atoms with Crippen LogP contribution in [0.5, 0.6) is 0 Å². The number of para-hydroxylation sites is 1. The summed E-state index contributed by atoms with van der Waals surface area (Å²) in [4.78, 5) is 2.43. The van der Waals surface area contributed by atoms with E-state index in [2.05, 4.69) is 219 Å². The standard InChI is InChI=1S/C54H41NOSi/c1-38-35-52(39(2)34-51(38)42-27-33-50-49-24-14-15-25-53(49)56-54(50)37-42)55(44-28-26-40-16-12-13-17-41(40)36-44)43-29-31-48(32-30-43)57(45-18-6-3-7-19-45,46-20-8-4-9-21-46)47-22-10-5-11-23-47/h3-37H,1-2H3. The zero-order chi connectivity index (χ0) is 38.3. The first-order valence-electron chi connectivity index (χ1n) is 19.7. The summed E-state index contributed by atoms with van der Waals surface area (Å²) >= 11 is 0. The Morgan fingerprint density at radius 1 is 0.386 bits per heavy atom. The molecule has 0 fully saturated rings. The van der Waals surface area contributed by atoms with Crippen molar-refractivity contribution in [2.75, 3.05) is 4.90 Å². The average Bonchev–Trinajstić information content (AvgIpc) is 3.65. The lowest BCUT2D eigenvalue weighted by Gasteiger charge is -2.35. The van der Waals surface area contributed by atoms with Crippen molar-refractivity contribution in [3.05, 3.63) is 223 Å². The highest BCUT2D eigenvalue weighted by Gasteiger charge is 2.41. The largest absolute Gasteiger partial charge is 0.456 e. The normalized spacial score (nSPS) is 11.7. The summed E-state index contributed by atoms with van der Waals surface area (Å²) in [6.45, 7) is 4.46. The second-order valence-corrected chi connectivity index (χ2v) is 18.8. The molecule has 1 heterocycles. The number of furan rings is 1. The first-order chi connectivity index (χ1) is 28.1. The molecule has 0 atom stereocenters. The highest BCUT2D eigenvalue weighted by molar-refractivity contribution is 7.19. The lowest BCUT2D eigenvalue weighted by Crippen LogP contribution is -2.74. The number of benzene rings is 9. The molecule has 10 rings (SSSR count). The van der Waals surface area contributed by atoms with E-state index >= 15 is 0 Å². The smallest absolute Gasteiger partial charge is 0.179 e. The van der Waals surface area contributed by atoms with Gasteiger partial charge < -0.3 is 9.32 Å². The van der Waals surface area contributed by atoms with Crippen LogP contribution in [0.3, 0.4) is 0 Å². The number of anilines is 3. The molecule has 272 valence electrons. The molecule has 10 aromatic rings. The van der Waals surface area contributed by atoms with Crippen molar-refractivity contribution < 1.29 is 4.42 Å². The summed E-state index contributed by atoms with van der Waals surface area (Å²) in [5, 5.41) is 10.2. The van der Waals surface area contributed by atoms with E-state index in [0.29, 0.717) is 0 Å². The first-order valence-corrected chi connectivity index (χ1v) is 21.7. The van der Waals surface area contributed by atoms with Crippen molar-refractivity contribution in [1.82, 2.24) is 0 Å². The molecular formula is C54H41NOSi. The van der Waals surface area contributed by atoms with Crippen LogP contribution < -0.4 is 25.6 Å². The van der Waals surface area contributed by atoms with E-state index in [0.717, 1.165) is 44.6 Å². The van der Waals surface area contributed by atoms with Crippen molar-refractivity contribution in [3.63, 3.8) is 0 Å². The lowest BCUT2D eigenvalue weighted by atomic mass is 9.95. The van der Waals surface area contributed by atoms with Crippen molar-refractivity contribution in [2.24, 2.45) is 0 Å². The van der Waals surface area contributed by atoms with Crippen LogP contribution in [0.15, 0.2) is 217 Å². The van der Waals surface area contributed by atoms with Crippen LogP contribution in [-0.2, 0) is 0 Å². The highest BCUT2D eigenvalue weighted by atomic mass is 28.3. The van der Waals surface area contributed by atoms with Crippen LogP contribution >= 0.6 is 0 Å². The summed E-state index contributed by atoms with van der Waals surface area (Å²) in [5.74, 6) is 0. The van der Waals surface area contributed by atoms with E-state index in [9.17, 15) is 0 Å². The Balaban J connectivity index is 1.13. The van der Waals surface area contributed by atoms with Crippen LogP contribution in [-0.4, -0.2) is 8.07 Å². The maximum atomic E-state index is 6.31. The molecule has 0 saturated heterocycles. The molecule has 0 spiro atoms. The quantitative estimate of drug-likeness (QED) is 0.114. The Bertz CT molecular complexity index is 2930. The second-order valence-electron chi connectivity index (χ2n) is 15.0. The summed E-state index contributed by atoms with van der Waals surface area (Å²) in [5.41, 5.74) is 9.98. The molecule has 0 bridgehead atoms. The predicted molar refractivity (Wildman–Crippen MR) is 244 cm³/mol. The number of aryl methyl sites for hydroxylation is 2. The molecule has 2 nitrogen and oxygen atoms in total. The molecule has 57 heavy (non-hydrogen) atoms. The molecule has 0 aliphatic heterocycles. The van der Waals surface area contributed by atoms with Gasteiger partial charge in [0.05, 0.1) is 0 Å². The Morgan fingerprint density at radius 3 is 1.60 bits per heavy atom. The Kier molecular flexibility index (Phi) is 8.66. The van der Waals surface area contributed by atoms with Gasteiger partial charge in [-0.2, -0.15) is 0 Å². The molecule has 0 aliphatic rings. The van der Waals surface area contributed by atoms with Gasteiger partial charge in [0, 0.05) is 27.8 Å². The topological polar surface area (TPSA) is 16.4 Å². The van der Waals surface area contributed by atoms with Gasteiger partial charge in [0.1, 0.15) is 11.2 Å². The Morgan fingerprint density at radius 2 is 0.930 bits per heavy atom. The van der Waals surface area contributed by atoms with Gasteiger partial charge in [-0.15, -0.1) is 0 Å². The van der Waals surface area contributed by atoms with Crippen molar-refractivity contribution in [1.29, 1.82) is 0 Å². The monoisotopic (exact) mass is 747 g/mol. The summed E-state index contributed by atoms with van der Waals surface area (Å²) in [7, 11) is -2.67. The number of rotatable bonds is 8. The first kappa shape index (κ1) is 34.5. The summed E-state index contributed by atoms with van der Waals surface area (Å²) < 4.78 is 6.31. The third-order valence-corrected chi connectivity index (χ3v) is 16.4. The zero-order valence-corrected chi connectivity index (χ0v) is 33.1. The van der Waals surface area contributed by atoms with Gasteiger partial charge in [0.2, 0.25) is 0 Å². The Labute approximate surface area is 334 Å². The van der Waals surface area contributed by atoms with E-state index in [1.807, 2.05) is 12.1 Å². The van der Waals surface area contributed by atoms with Gasteiger partial charge >= 0.3 is 0 Å². The SMILES string of the molecule is Cc1cc(N(c2ccc([Si](c3ccccc3)(c3ccccc3)c3ccccc3)cc2)c2ccc3ccccc3c2)c(C)cc1-c1ccc2c(c1)oc1ccccc12. The van der Waals surface area contributed by atoms with Gasteiger partial charge in [-0.1, -0.05) is 158 Å².